The molecule has 0 radical (unpaired) electrons. The van der Waals surface area contributed by atoms with Crippen LogP contribution in [0.25, 0.3) is 5.57 Å². The molecule has 0 saturated heterocycles. The Morgan fingerprint density at radius 1 is 1.36 bits per heavy atom. The fourth-order valence-corrected chi connectivity index (χ4v) is 1.74. The second-order valence-corrected chi connectivity index (χ2v) is 3.77. The summed E-state index contributed by atoms with van der Waals surface area (Å²) in [6.45, 7) is 4.12. The van der Waals surface area contributed by atoms with Crippen LogP contribution in [0.4, 0.5) is 5.69 Å². The molecule has 1 aromatic carbocycles. The van der Waals surface area contributed by atoms with Crippen molar-refractivity contribution < 1.29 is 0 Å². The third-order valence-electron chi connectivity index (χ3n) is 2.67. The zero-order chi connectivity index (χ0) is 9.97. The third kappa shape index (κ3) is 1.80. The van der Waals surface area contributed by atoms with E-state index in [1.54, 1.807) is 0 Å². The summed E-state index contributed by atoms with van der Waals surface area (Å²) in [6, 6.07) is 6.25. The van der Waals surface area contributed by atoms with Crippen LogP contribution in [0.1, 0.15) is 17.5 Å². The number of benzene rings is 1. The monoisotopic (exact) mass is 188 g/mol. The van der Waals surface area contributed by atoms with Crippen LogP contribution < -0.4 is 11.1 Å². The van der Waals surface area contributed by atoms with Crippen LogP contribution in [0.5, 0.6) is 0 Å². The van der Waals surface area contributed by atoms with E-state index in [4.69, 9.17) is 5.73 Å². The molecule has 1 aliphatic rings. The predicted molar refractivity (Wildman–Crippen MR) is 61.1 cm³/mol. The van der Waals surface area contributed by atoms with Crippen LogP contribution in [0, 0.1) is 6.92 Å². The summed E-state index contributed by atoms with van der Waals surface area (Å²) in [7, 11) is 0. The van der Waals surface area contributed by atoms with Gasteiger partial charge >= 0.3 is 0 Å². The highest BCUT2D eigenvalue weighted by Crippen LogP contribution is 2.20. The smallest absolute Gasteiger partial charge is 0.0344 e. The summed E-state index contributed by atoms with van der Waals surface area (Å²) < 4.78 is 0. The highest BCUT2D eigenvalue weighted by atomic mass is 14.9. The van der Waals surface area contributed by atoms with E-state index in [0.717, 1.165) is 30.8 Å². The molecule has 0 amide bonds. The fraction of sp³-hybridized carbons (Fsp3) is 0.333. The Labute approximate surface area is 84.8 Å². The van der Waals surface area contributed by atoms with Gasteiger partial charge in [-0.3, -0.25) is 0 Å². The SMILES string of the molecule is Cc1cc(C2=CCCNC2)ccc1N. The number of hydrogen-bond acceptors (Lipinski definition) is 2. The lowest BCUT2D eigenvalue weighted by molar-refractivity contribution is 0.739. The molecule has 74 valence electrons. The van der Waals surface area contributed by atoms with Crippen molar-refractivity contribution in [2.75, 3.05) is 18.8 Å². The van der Waals surface area contributed by atoms with Gasteiger partial charge in [-0.2, -0.15) is 0 Å². The van der Waals surface area contributed by atoms with Crippen LogP contribution >= 0.6 is 0 Å². The lowest BCUT2D eigenvalue weighted by Gasteiger charge is -2.15. The van der Waals surface area contributed by atoms with Crippen molar-refractivity contribution in [2.24, 2.45) is 0 Å². The highest BCUT2D eigenvalue weighted by molar-refractivity contribution is 5.70. The van der Waals surface area contributed by atoms with Crippen molar-refractivity contribution in [2.45, 2.75) is 13.3 Å². The number of rotatable bonds is 1. The van der Waals surface area contributed by atoms with Gasteiger partial charge in [-0.1, -0.05) is 12.1 Å². The molecule has 0 unspecified atom stereocenters. The molecule has 0 aromatic heterocycles. The van der Waals surface area contributed by atoms with Crippen molar-refractivity contribution in [1.82, 2.24) is 5.32 Å². The molecule has 0 saturated carbocycles. The molecular formula is C12H16N2. The second-order valence-electron chi connectivity index (χ2n) is 3.77. The van der Waals surface area contributed by atoms with Gasteiger partial charge in [0.25, 0.3) is 0 Å². The van der Waals surface area contributed by atoms with Crippen molar-refractivity contribution in [3.05, 3.63) is 35.4 Å². The molecule has 1 heterocycles. The molecule has 0 bridgehead atoms. The van der Waals surface area contributed by atoms with E-state index in [0.29, 0.717) is 0 Å². The van der Waals surface area contributed by atoms with E-state index in [2.05, 4.69) is 30.4 Å². The Morgan fingerprint density at radius 2 is 2.21 bits per heavy atom. The number of nitrogens with one attached hydrogen (secondary N) is 1. The van der Waals surface area contributed by atoms with E-state index in [1.807, 2.05) is 6.07 Å². The lowest BCUT2D eigenvalue weighted by atomic mass is 10.00. The molecule has 2 rings (SSSR count). The first-order valence-electron chi connectivity index (χ1n) is 5.03. The van der Waals surface area contributed by atoms with Gasteiger partial charge in [-0.05, 0) is 48.7 Å². The summed E-state index contributed by atoms with van der Waals surface area (Å²) in [5.41, 5.74) is 10.5. The Hall–Kier alpha value is -1.28. The van der Waals surface area contributed by atoms with Crippen LogP contribution in [0.3, 0.4) is 0 Å². The molecular weight excluding hydrogens is 172 g/mol. The van der Waals surface area contributed by atoms with Gasteiger partial charge in [0.15, 0.2) is 0 Å². The first kappa shape index (κ1) is 9.28. The molecule has 1 aliphatic heterocycles. The largest absolute Gasteiger partial charge is 0.399 e. The molecule has 0 atom stereocenters. The summed E-state index contributed by atoms with van der Waals surface area (Å²) in [5.74, 6) is 0. The van der Waals surface area contributed by atoms with Crippen molar-refractivity contribution in [3.63, 3.8) is 0 Å². The molecule has 2 heteroatoms. The zero-order valence-corrected chi connectivity index (χ0v) is 8.51. The number of nitrogen functional groups attached to an aromatic ring is 1. The minimum Gasteiger partial charge on any atom is -0.399 e. The van der Waals surface area contributed by atoms with Gasteiger partial charge in [0, 0.05) is 12.2 Å². The van der Waals surface area contributed by atoms with Crippen molar-refractivity contribution in [3.8, 4) is 0 Å². The minimum absolute atomic E-state index is 0.873. The number of hydrogen-bond donors (Lipinski definition) is 2. The zero-order valence-electron chi connectivity index (χ0n) is 8.51. The van der Waals surface area contributed by atoms with Crippen LogP contribution in [0.2, 0.25) is 0 Å². The fourth-order valence-electron chi connectivity index (χ4n) is 1.74. The molecule has 0 aliphatic carbocycles. The van der Waals surface area contributed by atoms with Crippen molar-refractivity contribution >= 4 is 11.3 Å². The van der Waals surface area contributed by atoms with Gasteiger partial charge in [0.1, 0.15) is 0 Å². The third-order valence-corrected chi connectivity index (χ3v) is 2.67. The van der Waals surface area contributed by atoms with E-state index in [9.17, 15) is 0 Å². The normalized spacial score (nSPS) is 16.5. The van der Waals surface area contributed by atoms with Crippen molar-refractivity contribution in [1.29, 1.82) is 0 Å². The maximum absolute atomic E-state index is 5.78. The Kier molecular flexibility index (Phi) is 2.55. The maximum Gasteiger partial charge on any atom is 0.0344 e. The summed E-state index contributed by atoms with van der Waals surface area (Å²) in [5, 5.41) is 3.37. The van der Waals surface area contributed by atoms with Crippen LogP contribution in [0.15, 0.2) is 24.3 Å². The van der Waals surface area contributed by atoms with Crippen LogP contribution in [-0.2, 0) is 0 Å². The standard InChI is InChI=1S/C12H16N2/c1-9-7-10(4-5-12(9)13)11-3-2-6-14-8-11/h3-5,7,14H,2,6,8,13H2,1H3. The van der Waals surface area contributed by atoms with E-state index < -0.39 is 0 Å². The first-order valence-corrected chi connectivity index (χ1v) is 5.03. The number of aryl methyl sites for hydroxylation is 1. The Bertz CT molecular complexity index is 367. The molecule has 3 N–H and O–H groups in total. The average molecular weight is 188 g/mol. The molecule has 1 aromatic rings. The summed E-state index contributed by atoms with van der Waals surface area (Å²) in [6.07, 6.45) is 3.43. The summed E-state index contributed by atoms with van der Waals surface area (Å²) >= 11 is 0. The molecule has 2 nitrogen and oxygen atoms in total. The van der Waals surface area contributed by atoms with E-state index in [1.165, 1.54) is 11.1 Å². The Morgan fingerprint density at radius 3 is 2.86 bits per heavy atom. The lowest BCUT2D eigenvalue weighted by Crippen LogP contribution is -2.21. The predicted octanol–water partition coefficient (Wildman–Crippen LogP) is 1.95. The molecule has 0 fully saturated rings. The van der Waals surface area contributed by atoms with Gasteiger partial charge < -0.3 is 11.1 Å². The van der Waals surface area contributed by atoms with E-state index >= 15 is 0 Å². The molecule has 14 heavy (non-hydrogen) atoms. The number of anilines is 1. The second kappa shape index (κ2) is 3.84. The Balaban J connectivity index is 2.32. The highest BCUT2D eigenvalue weighted by Gasteiger charge is 2.05. The van der Waals surface area contributed by atoms with Crippen LogP contribution in [-0.4, -0.2) is 13.1 Å². The molecule has 0 spiro atoms. The first-order chi connectivity index (χ1) is 6.77. The van der Waals surface area contributed by atoms with Gasteiger partial charge in [-0.15, -0.1) is 0 Å². The number of nitrogens with two attached hydrogens (primary N) is 1. The maximum atomic E-state index is 5.78. The minimum atomic E-state index is 0.873. The van der Waals surface area contributed by atoms with E-state index in [-0.39, 0.29) is 0 Å². The van der Waals surface area contributed by atoms with Gasteiger partial charge in [0.05, 0.1) is 0 Å². The topological polar surface area (TPSA) is 38.0 Å². The quantitative estimate of drug-likeness (QED) is 0.661. The van der Waals surface area contributed by atoms with Gasteiger partial charge in [-0.25, -0.2) is 0 Å². The average Bonchev–Trinajstić information content (AvgIpc) is 2.23. The van der Waals surface area contributed by atoms with Gasteiger partial charge in [0.2, 0.25) is 0 Å². The summed E-state index contributed by atoms with van der Waals surface area (Å²) in [4.78, 5) is 0.